The number of nitrogens with zero attached hydrogens (tertiary/aromatic N) is 3. The SMILES string of the molecule is COC(C)(C)CN(C)c1cccc(C(=O)N2CCc3cc(C(=O)Nc4c(C)cccc4F)sc3-c3ccccc32)n1. The molecule has 0 saturated carbocycles. The molecule has 0 radical (unpaired) electrons. The maximum atomic E-state index is 14.4. The summed E-state index contributed by atoms with van der Waals surface area (Å²) in [6.45, 7) is 6.79. The molecule has 2 aromatic heterocycles. The second-order valence-electron chi connectivity index (χ2n) is 10.8. The third-order valence-electron chi connectivity index (χ3n) is 7.30. The number of pyridine rings is 1. The highest BCUT2D eigenvalue weighted by molar-refractivity contribution is 7.17. The van der Waals surface area contributed by atoms with Crippen molar-refractivity contribution in [2.45, 2.75) is 32.8 Å². The van der Waals surface area contributed by atoms with Crippen molar-refractivity contribution in [3.63, 3.8) is 0 Å². The van der Waals surface area contributed by atoms with Gasteiger partial charge < -0.3 is 19.9 Å². The zero-order valence-corrected chi connectivity index (χ0v) is 24.6. The third kappa shape index (κ3) is 5.87. The van der Waals surface area contributed by atoms with E-state index in [2.05, 4.69) is 5.32 Å². The van der Waals surface area contributed by atoms with E-state index >= 15 is 0 Å². The highest BCUT2D eigenvalue weighted by Gasteiger charge is 2.29. The molecule has 0 spiro atoms. The molecule has 1 N–H and O–H groups in total. The number of hydrogen-bond donors (Lipinski definition) is 1. The first-order chi connectivity index (χ1) is 19.6. The number of benzene rings is 2. The number of anilines is 3. The fourth-order valence-corrected chi connectivity index (χ4v) is 6.13. The number of carbonyl (C=O) groups is 2. The van der Waals surface area contributed by atoms with Gasteiger partial charge in [-0.1, -0.05) is 36.4 Å². The number of para-hydroxylation sites is 2. The second-order valence-corrected chi connectivity index (χ2v) is 11.8. The van der Waals surface area contributed by atoms with Gasteiger partial charge >= 0.3 is 0 Å². The standard InChI is InChI=1S/C32H33FN4O3S/c1-20-10-8-12-23(33)28(20)35-30(38)26-18-21-16-17-37(25-14-7-6-11-22(25)29(21)41-26)31(39)24-13-9-15-27(34-24)36(4)19-32(2,3)40-5/h6-15,18H,16-17,19H2,1-5H3,(H,35,38). The average Bonchev–Trinajstić information content (AvgIpc) is 3.33. The molecule has 0 atom stereocenters. The topological polar surface area (TPSA) is 74.8 Å². The largest absolute Gasteiger partial charge is 0.377 e. The molecule has 0 unspecified atom stereocenters. The van der Waals surface area contributed by atoms with Crippen molar-refractivity contribution in [2.24, 2.45) is 0 Å². The Labute approximate surface area is 243 Å². The Balaban J connectivity index is 1.43. The van der Waals surface area contributed by atoms with E-state index in [0.29, 0.717) is 41.5 Å². The van der Waals surface area contributed by atoms with Crippen LogP contribution in [-0.2, 0) is 11.2 Å². The van der Waals surface area contributed by atoms with E-state index in [1.807, 2.05) is 68.3 Å². The Morgan fingerprint density at radius 3 is 2.63 bits per heavy atom. The number of carbonyl (C=O) groups excluding carboxylic acids is 2. The van der Waals surface area contributed by atoms with Gasteiger partial charge in [-0.2, -0.15) is 0 Å². The molecule has 7 nitrogen and oxygen atoms in total. The quantitative estimate of drug-likeness (QED) is 0.271. The van der Waals surface area contributed by atoms with E-state index in [9.17, 15) is 14.0 Å². The summed E-state index contributed by atoms with van der Waals surface area (Å²) in [6, 6.07) is 19.7. The number of aryl methyl sites for hydroxylation is 1. The molecule has 1 aliphatic heterocycles. The molecule has 0 bridgehead atoms. The highest BCUT2D eigenvalue weighted by atomic mass is 32.1. The molecule has 0 aliphatic carbocycles. The maximum Gasteiger partial charge on any atom is 0.276 e. The lowest BCUT2D eigenvalue weighted by Crippen LogP contribution is -2.39. The molecule has 2 amide bonds. The summed E-state index contributed by atoms with van der Waals surface area (Å²) in [5.41, 5.74) is 3.42. The van der Waals surface area contributed by atoms with Crippen LogP contribution in [0.15, 0.2) is 66.7 Å². The average molecular weight is 573 g/mol. The van der Waals surface area contributed by atoms with Crippen LogP contribution in [0, 0.1) is 12.7 Å². The van der Waals surface area contributed by atoms with Gasteiger partial charge in [0.1, 0.15) is 17.3 Å². The van der Waals surface area contributed by atoms with Crippen molar-refractivity contribution in [1.82, 2.24) is 4.98 Å². The van der Waals surface area contributed by atoms with Crippen molar-refractivity contribution in [2.75, 3.05) is 42.4 Å². The van der Waals surface area contributed by atoms with E-state index in [0.717, 1.165) is 21.7 Å². The van der Waals surface area contributed by atoms with E-state index in [4.69, 9.17) is 9.72 Å². The molecule has 41 heavy (non-hydrogen) atoms. The van der Waals surface area contributed by atoms with Gasteiger partial charge in [-0.15, -0.1) is 11.3 Å². The Morgan fingerprint density at radius 2 is 1.88 bits per heavy atom. The summed E-state index contributed by atoms with van der Waals surface area (Å²) in [4.78, 5) is 36.8. The van der Waals surface area contributed by atoms with Crippen LogP contribution in [0.25, 0.3) is 10.4 Å². The summed E-state index contributed by atoms with van der Waals surface area (Å²) in [6.07, 6.45) is 0.555. The van der Waals surface area contributed by atoms with Crippen LogP contribution in [0.1, 0.15) is 45.1 Å². The Kier molecular flexibility index (Phi) is 7.93. The number of amides is 2. The second kappa shape index (κ2) is 11.4. The van der Waals surface area contributed by atoms with Gasteiger partial charge in [-0.25, -0.2) is 9.37 Å². The van der Waals surface area contributed by atoms with Crippen molar-refractivity contribution in [3.05, 3.63) is 94.2 Å². The number of hydrogen-bond acceptors (Lipinski definition) is 6. The molecule has 9 heteroatoms. The van der Waals surface area contributed by atoms with Crippen molar-refractivity contribution in [1.29, 1.82) is 0 Å². The lowest BCUT2D eigenvalue weighted by atomic mass is 10.1. The van der Waals surface area contributed by atoms with Crippen LogP contribution >= 0.6 is 11.3 Å². The van der Waals surface area contributed by atoms with E-state index in [-0.39, 0.29) is 23.1 Å². The van der Waals surface area contributed by atoms with Crippen LogP contribution in [-0.4, -0.2) is 49.6 Å². The molecule has 0 saturated heterocycles. The smallest absolute Gasteiger partial charge is 0.276 e. The van der Waals surface area contributed by atoms with Crippen LogP contribution < -0.4 is 15.1 Å². The summed E-state index contributed by atoms with van der Waals surface area (Å²) in [5, 5.41) is 2.74. The van der Waals surface area contributed by atoms with Gasteiger partial charge in [0, 0.05) is 37.7 Å². The van der Waals surface area contributed by atoms with Crippen LogP contribution in [0.5, 0.6) is 0 Å². The maximum absolute atomic E-state index is 14.4. The summed E-state index contributed by atoms with van der Waals surface area (Å²) in [7, 11) is 3.61. The van der Waals surface area contributed by atoms with E-state index in [1.54, 1.807) is 37.1 Å². The van der Waals surface area contributed by atoms with Gasteiger partial charge in [0.25, 0.3) is 11.8 Å². The molecule has 2 aromatic carbocycles. The number of likely N-dealkylation sites (N-methyl/N-ethyl adjacent to an activating group) is 1. The zero-order valence-electron chi connectivity index (χ0n) is 23.8. The molecule has 5 rings (SSSR count). The number of thiophene rings is 1. The first-order valence-corrected chi connectivity index (χ1v) is 14.2. The first kappa shape index (κ1) is 28.4. The van der Waals surface area contributed by atoms with Crippen LogP contribution in [0.3, 0.4) is 0 Å². The predicted octanol–water partition coefficient (Wildman–Crippen LogP) is 6.57. The van der Waals surface area contributed by atoms with E-state index < -0.39 is 5.82 Å². The third-order valence-corrected chi connectivity index (χ3v) is 8.51. The molecule has 3 heterocycles. The molecule has 1 aliphatic rings. The number of fused-ring (bicyclic) bond motifs is 3. The number of ether oxygens (including phenoxy) is 1. The van der Waals surface area contributed by atoms with Crippen LogP contribution in [0.2, 0.25) is 0 Å². The fraction of sp³-hybridized carbons (Fsp3) is 0.281. The zero-order chi connectivity index (χ0) is 29.3. The minimum Gasteiger partial charge on any atom is -0.377 e. The predicted molar refractivity (Wildman–Crippen MR) is 163 cm³/mol. The van der Waals surface area contributed by atoms with Crippen molar-refractivity contribution < 1.29 is 18.7 Å². The summed E-state index contributed by atoms with van der Waals surface area (Å²) in [5.74, 6) is -0.337. The number of aromatic nitrogens is 1. The Morgan fingerprint density at radius 1 is 1.12 bits per heavy atom. The molecular formula is C32H33FN4O3S. The molecular weight excluding hydrogens is 539 g/mol. The Hall–Kier alpha value is -4.08. The minimum absolute atomic E-state index is 0.185. The number of halogens is 1. The molecule has 0 fully saturated rings. The minimum atomic E-state index is -0.470. The highest BCUT2D eigenvalue weighted by Crippen LogP contribution is 2.42. The summed E-state index contributed by atoms with van der Waals surface area (Å²) < 4.78 is 19.9. The van der Waals surface area contributed by atoms with Gasteiger partial charge in [0.2, 0.25) is 0 Å². The lowest BCUT2D eigenvalue weighted by molar-refractivity contribution is 0.0298. The van der Waals surface area contributed by atoms with Crippen molar-refractivity contribution in [3.8, 4) is 10.4 Å². The fourth-order valence-electron chi connectivity index (χ4n) is 4.99. The van der Waals surface area contributed by atoms with Gasteiger partial charge in [0.05, 0.1) is 21.9 Å². The molecule has 4 aromatic rings. The normalized spacial score (nSPS) is 12.8. The number of nitrogens with one attached hydrogen (secondary N) is 1. The van der Waals surface area contributed by atoms with Gasteiger partial charge in [0.15, 0.2) is 0 Å². The van der Waals surface area contributed by atoms with Crippen LogP contribution in [0.4, 0.5) is 21.6 Å². The number of methoxy groups -OCH3 is 1. The molecule has 212 valence electrons. The monoisotopic (exact) mass is 572 g/mol. The first-order valence-electron chi connectivity index (χ1n) is 13.4. The van der Waals surface area contributed by atoms with Crippen molar-refractivity contribution >= 4 is 40.3 Å². The van der Waals surface area contributed by atoms with Gasteiger partial charge in [-0.3, -0.25) is 9.59 Å². The number of rotatable bonds is 7. The van der Waals surface area contributed by atoms with Gasteiger partial charge in [-0.05, 0) is 68.7 Å². The Bertz CT molecular complexity index is 1600. The van der Waals surface area contributed by atoms with E-state index in [1.165, 1.54) is 17.4 Å². The summed E-state index contributed by atoms with van der Waals surface area (Å²) >= 11 is 1.35. The lowest BCUT2D eigenvalue weighted by Gasteiger charge is -2.30.